The van der Waals surface area contributed by atoms with Crippen molar-refractivity contribution in [3.63, 3.8) is 0 Å². The number of halogens is 1. The number of carbonyl (C=O) groups excluding carboxylic acids is 1. The van der Waals surface area contributed by atoms with Crippen LogP contribution in [0.2, 0.25) is 0 Å². The SMILES string of the molecule is CC[C@H]1OC(=O)[C@H](C)[C@@H](O[C@H]2C[C@@](C)(OC)[C@@H](O)[C@H](C)O2)[C@H](C)[C@@H](O[C@@H]2O[C@H](C)C[C@H](N(C)CCc3cn([C@H](CF)[C@H](OC)c4ccc(-c5cc[n+]([O-])cc5)cc4)nn3)[C@H]2O)[C@](C)(O)C[C@@H](C)CN(C)[C@H](C)[C@@H](O)[C@]1(C)O. The zero-order valence-corrected chi connectivity index (χ0v) is 47.6. The predicted molar refractivity (Wildman–Crippen MR) is 282 cm³/mol. The fourth-order valence-corrected chi connectivity index (χ4v) is 12.0. The number of benzene rings is 1. The molecule has 0 bridgehead atoms. The number of carbonyl (C=O) groups is 1. The van der Waals surface area contributed by atoms with E-state index >= 15 is 0 Å². The van der Waals surface area contributed by atoms with Gasteiger partial charge in [-0.15, -0.1) is 5.10 Å². The first-order valence-electron chi connectivity index (χ1n) is 27.2. The van der Waals surface area contributed by atoms with Crippen LogP contribution in [0.25, 0.3) is 11.1 Å². The Kier molecular flexibility index (Phi) is 21.2. The van der Waals surface area contributed by atoms with Gasteiger partial charge in [0, 0.05) is 76.5 Å². The largest absolute Gasteiger partial charge is 0.619 e. The number of aromatic nitrogens is 4. The Morgan fingerprint density at radius 1 is 0.948 bits per heavy atom. The van der Waals surface area contributed by atoms with Crippen molar-refractivity contribution < 1.29 is 72.6 Å². The maximum absolute atomic E-state index is 14.9. The Labute approximate surface area is 454 Å². The molecule has 5 heterocycles. The van der Waals surface area contributed by atoms with E-state index in [4.69, 9.17) is 33.2 Å². The summed E-state index contributed by atoms with van der Waals surface area (Å²) in [6.45, 7) is 17.4. The van der Waals surface area contributed by atoms with Crippen LogP contribution in [-0.2, 0) is 44.4 Å². The molecule has 0 unspecified atom stereocenters. The van der Waals surface area contributed by atoms with Crippen LogP contribution in [0.3, 0.4) is 0 Å². The lowest BCUT2D eigenvalue weighted by molar-refractivity contribution is -0.605. The summed E-state index contributed by atoms with van der Waals surface area (Å²) in [5, 5.41) is 80.2. The van der Waals surface area contributed by atoms with Gasteiger partial charge in [0.1, 0.15) is 48.8 Å². The number of likely N-dealkylation sites (N-methyl/N-ethyl adjacent to an activating group) is 2. The van der Waals surface area contributed by atoms with Gasteiger partial charge in [-0.2, -0.15) is 4.73 Å². The molecule has 3 aromatic rings. The number of nitrogens with zero attached hydrogens (tertiary/aromatic N) is 6. The summed E-state index contributed by atoms with van der Waals surface area (Å²) in [5.41, 5.74) is -1.54. The quantitative estimate of drug-likeness (QED) is 0.0762. The summed E-state index contributed by atoms with van der Waals surface area (Å²) in [6.07, 6.45) is -5.33. The topological polar surface area (TPSA) is 247 Å². The molecule has 1 aromatic carbocycles. The van der Waals surface area contributed by atoms with Gasteiger partial charge in [0.25, 0.3) is 0 Å². The van der Waals surface area contributed by atoms with Crippen molar-refractivity contribution in [2.45, 2.75) is 204 Å². The second-order valence-corrected chi connectivity index (χ2v) is 23.1. The highest BCUT2D eigenvalue weighted by atomic mass is 19.1. The Morgan fingerprint density at radius 2 is 1.60 bits per heavy atom. The minimum Gasteiger partial charge on any atom is -0.619 e. The van der Waals surface area contributed by atoms with Crippen molar-refractivity contribution in [3.05, 3.63) is 71.5 Å². The fourth-order valence-electron chi connectivity index (χ4n) is 12.0. The second-order valence-electron chi connectivity index (χ2n) is 23.1. The molecule has 0 amide bonds. The van der Waals surface area contributed by atoms with Crippen LogP contribution in [0, 0.1) is 23.0 Å². The standard InChI is InChI=1S/C56H89FN6O14/c1-15-44-56(10,69)49(65)36(6)61(12)30-32(2)27-54(8,68)51(34(4)47(35(5)52(67)75-44)76-45-28-55(9,72-14)50(66)37(7)74-45)77-53-46(64)42(26-33(3)73-53)60(11)23-22-41-31-63(59-58-41)43(29-57)48(71-13)40-18-16-38(17-19-40)39-20-24-62(70)25-21-39/h16-21,24-25,31-37,42-51,53,64-66,68-69H,15,22-23,26-30H2,1-14H3/t32-,33-,34+,35-,36-,37+,42+,43-,44-,45+,46-,47+,48-,49-,50+,51-,53+,54-,55-,56-/m1/s1. The Morgan fingerprint density at radius 3 is 2.21 bits per heavy atom. The van der Waals surface area contributed by atoms with Crippen LogP contribution >= 0.6 is 0 Å². The number of cyclic esters (lactones) is 1. The minimum atomic E-state index is -1.86. The number of ether oxygens (including phenoxy) is 7. The van der Waals surface area contributed by atoms with Crippen molar-refractivity contribution >= 4 is 5.97 Å². The van der Waals surface area contributed by atoms with E-state index < -0.39 is 127 Å². The second kappa shape index (κ2) is 26.2. The summed E-state index contributed by atoms with van der Waals surface area (Å²) < 4.78 is 61.3. The number of esters is 1. The predicted octanol–water partition coefficient (Wildman–Crippen LogP) is 4.30. The first-order chi connectivity index (χ1) is 36.2. The average molecular weight is 1090 g/mol. The molecule has 20 atom stereocenters. The van der Waals surface area contributed by atoms with E-state index in [0.29, 0.717) is 31.6 Å². The van der Waals surface area contributed by atoms with E-state index in [0.717, 1.165) is 21.4 Å². The molecule has 2 aromatic heterocycles. The van der Waals surface area contributed by atoms with E-state index in [1.54, 1.807) is 66.8 Å². The molecule has 77 heavy (non-hydrogen) atoms. The zero-order valence-electron chi connectivity index (χ0n) is 47.6. The molecule has 3 fully saturated rings. The molecule has 0 aliphatic carbocycles. The van der Waals surface area contributed by atoms with E-state index in [2.05, 4.69) is 10.3 Å². The highest BCUT2D eigenvalue weighted by Gasteiger charge is 2.53. The summed E-state index contributed by atoms with van der Waals surface area (Å²) in [4.78, 5) is 18.4. The number of hydrogen-bond donors (Lipinski definition) is 5. The highest BCUT2D eigenvalue weighted by Crippen LogP contribution is 2.41. The number of pyridine rings is 1. The van der Waals surface area contributed by atoms with Gasteiger partial charge in [-0.05, 0) is 104 Å². The van der Waals surface area contributed by atoms with Gasteiger partial charge in [-0.25, -0.2) is 9.07 Å². The summed E-state index contributed by atoms with van der Waals surface area (Å²) >= 11 is 0. The normalized spacial score (nSPS) is 38.1. The lowest BCUT2D eigenvalue weighted by Gasteiger charge is -2.49. The highest BCUT2D eigenvalue weighted by molar-refractivity contribution is 5.73. The third-order valence-electron chi connectivity index (χ3n) is 16.9. The number of rotatable bonds is 16. The molecule has 0 saturated carbocycles. The van der Waals surface area contributed by atoms with Crippen molar-refractivity contribution in [1.29, 1.82) is 0 Å². The number of methoxy groups -OCH3 is 2. The number of aliphatic hydroxyl groups is 5. The molecule has 21 heteroatoms. The van der Waals surface area contributed by atoms with E-state index in [1.807, 2.05) is 62.0 Å². The molecule has 6 rings (SSSR count). The zero-order chi connectivity index (χ0) is 56.9. The molecule has 3 saturated heterocycles. The maximum Gasteiger partial charge on any atom is 0.311 e. The Hall–Kier alpha value is -3.81. The van der Waals surface area contributed by atoms with E-state index in [9.17, 15) is 39.9 Å². The summed E-state index contributed by atoms with van der Waals surface area (Å²) in [5.74, 6) is -2.91. The number of aliphatic hydroxyl groups excluding tert-OH is 3. The van der Waals surface area contributed by atoms with Crippen molar-refractivity contribution in [2.75, 3.05) is 48.1 Å². The van der Waals surface area contributed by atoms with Gasteiger partial charge >= 0.3 is 5.97 Å². The number of hydrogen-bond acceptors (Lipinski definition) is 18. The third-order valence-corrected chi connectivity index (χ3v) is 16.9. The number of alkyl halides is 1. The average Bonchev–Trinajstić information content (AvgIpc) is 3.87. The fraction of sp³-hybridized carbons (Fsp3) is 0.750. The van der Waals surface area contributed by atoms with Crippen molar-refractivity contribution in [2.24, 2.45) is 17.8 Å². The van der Waals surface area contributed by atoms with Gasteiger partial charge in [-0.1, -0.05) is 50.3 Å². The van der Waals surface area contributed by atoms with Crippen LogP contribution in [-0.4, -0.2) is 195 Å². The summed E-state index contributed by atoms with van der Waals surface area (Å²) in [6, 6.07) is 9.02. The van der Waals surface area contributed by atoms with E-state index in [1.165, 1.54) is 38.2 Å². The van der Waals surface area contributed by atoms with Crippen molar-refractivity contribution in [3.8, 4) is 11.1 Å². The van der Waals surface area contributed by atoms with E-state index in [-0.39, 0.29) is 25.2 Å². The Balaban J connectivity index is 1.25. The van der Waals surface area contributed by atoms with Gasteiger partial charge in [0.2, 0.25) is 0 Å². The first-order valence-corrected chi connectivity index (χ1v) is 27.2. The van der Waals surface area contributed by atoms with Gasteiger partial charge in [-0.3, -0.25) is 4.79 Å². The van der Waals surface area contributed by atoms with Crippen LogP contribution in [0.5, 0.6) is 0 Å². The van der Waals surface area contributed by atoms with Gasteiger partial charge in [0.05, 0.1) is 47.2 Å². The molecule has 0 radical (unpaired) electrons. The minimum absolute atomic E-state index is 0.0778. The van der Waals surface area contributed by atoms with Crippen LogP contribution in [0.15, 0.2) is 55.0 Å². The van der Waals surface area contributed by atoms with Crippen LogP contribution in [0.4, 0.5) is 4.39 Å². The molecule has 0 spiro atoms. The molecule has 20 nitrogen and oxygen atoms in total. The lowest BCUT2D eigenvalue weighted by atomic mass is 9.77. The van der Waals surface area contributed by atoms with Gasteiger partial charge < -0.3 is 73.7 Å². The molecular weight excluding hydrogens is 1000 g/mol. The summed E-state index contributed by atoms with van der Waals surface area (Å²) in [7, 11) is 6.71. The first kappa shape index (κ1) is 62.4. The monoisotopic (exact) mass is 1090 g/mol. The molecule has 3 aliphatic heterocycles. The van der Waals surface area contributed by atoms with Crippen molar-refractivity contribution in [1.82, 2.24) is 24.8 Å². The Bertz CT molecular complexity index is 2310. The van der Waals surface area contributed by atoms with Gasteiger partial charge in [0.15, 0.2) is 25.0 Å². The molecular formula is C56H89FN6O14. The molecule has 434 valence electrons. The maximum atomic E-state index is 14.9. The van der Waals surface area contributed by atoms with Crippen LogP contribution < -0.4 is 4.73 Å². The molecule has 5 N–H and O–H groups in total. The third kappa shape index (κ3) is 14.4. The smallest absolute Gasteiger partial charge is 0.311 e. The molecule has 3 aliphatic rings. The van der Waals surface area contributed by atoms with Crippen LogP contribution in [0.1, 0.15) is 118 Å². The lowest BCUT2D eigenvalue weighted by Crippen LogP contribution is -2.61.